The quantitative estimate of drug-likeness (QED) is 0.584. The maximum Gasteiger partial charge on any atom is -0.0297 e. The van der Waals surface area contributed by atoms with E-state index in [1.165, 1.54) is 25.7 Å². The van der Waals surface area contributed by atoms with Gasteiger partial charge in [0.2, 0.25) is 0 Å². The molecule has 3 rings (SSSR count). The van der Waals surface area contributed by atoms with Gasteiger partial charge in [-0.1, -0.05) is 33.6 Å². The molecule has 0 nitrogen and oxygen atoms in total. The van der Waals surface area contributed by atoms with Crippen molar-refractivity contribution in [1.82, 2.24) is 0 Å². The lowest BCUT2D eigenvalue weighted by Crippen LogP contribution is -2.50. The summed E-state index contributed by atoms with van der Waals surface area (Å²) in [6.45, 7) is 7.29. The molecule has 3 fully saturated rings. The molecule has 12 heavy (non-hydrogen) atoms. The third kappa shape index (κ3) is 1.11. The monoisotopic (exact) mass is 166 g/mol. The molecule has 3 aliphatic rings. The fraction of sp³-hybridized carbons (Fsp3) is 1.00. The van der Waals surface area contributed by atoms with Gasteiger partial charge in [0.1, 0.15) is 0 Å². The number of hydrogen-bond acceptors (Lipinski definition) is 0. The lowest BCUT2D eigenvalue weighted by atomic mass is 9.46. The van der Waals surface area contributed by atoms with Crippen LogP contribution in [-0.4, -0.2) is 0 Å². The van der Waals surface area contributed by atoms with Crippen LogP contribution < -0.4 is 0 Å². The zero-order valence-electron chi connectivity index (χ0n) is 8.77. The third-order valence-corrected chi connectivity index (χ3v) is 4.61. The van der Waals surface area contributed by atoms with E-state index < -0.39 is 0 Å². The van der Waals surface area contributed by atoms with Crippen molar-refractivity contribution in [2.24, 2.45) is 23.2 Å². The van der Waals surface area contributed by atoms with Gasteiger partial charge in [-0.15, -0.1) is 0 Å². The normalized spacial score (nSPS) is 43.8. The van der Waals surface area contributed by atoms with Crippen molar-refractivity contribution >= 4 is 0 Å². The average Bonchev–Trinajstić information content (AvgIpc) is 2.05. The van der Waals surface area contributed by atoms with Gasteiger partial charge in [0.05, 0.1) is 0 Å². The summed E-state index contributed by atoms with van der Waals surface area (Å²) in [6.07, 6.45) is 7.51. The molecule has 0 N–H and O–H groups in total. The second-order valence-electron chi connectivity index (χ2n) is 5.58. The molecule has 0 aromatic carbocycles. The van der Waals surface area contributed by atoms with Crippen LogP contribution in [0.25, 0.3) is 0 Å². The van der Waals surface area contributed by atoms with Gasteiger partial charge < -0.3 is 0 Å². The second kappa shape index (κ2) is 2.75. The smallest absolute Gasteiger partial charge is 0.0297 e. The first-order chi connectivity index (χ1) is 5.64. The standard InChI is InChI=1S/C12H22/c1-4-5-9-6-10-8-11(7-9)12(10,2)3/h9-11H,4-8H2,1-3H3. The molecule has 3 saturated carbocycles. The Morgan fingerprint density at radius 1 is 1.08 bits per heavy atom. The molecular weight excluding hydrogens is 144 g/mol. The summed E-state index contributed by atoms with van der Waals surface area (Å²) in [4.78, 5) is 0. The zero-order chi connectivity index (χ0) is 8.77. The molecule has 2 unspecified atom stereocenters. The zero-order valence-corrected chi connectivity index (χ0v) is 8.77. The lowest BCUT2D eigenvalue weighted by molar-refractivity contribution is -0.0911. The van der Waals surface area contributed by atoms with E-state index in [0.29, 0.717) is 5.41 Å². The van der Waals surface area contributed by atoms with Crippen LogP contribution in [0.1, 0.15) is 52.9 Å². The number of hydrogen-bond donors (Lipinski definition) is 0. The molecule has 0 heteroatoms. The molecule has 3 aliphatic carbocycles. The Morgan fingerprint density at radius 2 is 1.67 bits per heavy atom. The van der Waals surface area contributed by atoms with Crippen LogP contribution in [0, 0.1) is 23.2 Å². The second-order valence-corrected chi connectivity index (χ2v) is 5.58. The van der Waals surface area contributed by atoms with E-state index in [2.05, 4.69) is 20.8 Å². The van der Waals surface area contributed by atoms with Crippen molar-refractivity contribution < 1.29 is 0 Å². The van der Waals surface area contributed by atoms with E-state index in [-0.39, 0.29) is 0 Å². The molecule has 0 spiro atoms. The van der Waals surface area contributed by atoms with Gasteiger partial charge in [0.15, 0.2) is 0 Å². The summed E-state index contributed by atoms with van der Waals surface area (Å²) < 4.78 is 0. The van der Waals surface area contributed by atoms with E-state index in [0.717, 1.165) is 17.8 Å². The predicted molar refractivity (Wildman–Crippen MR) is 53.0 cm³/mol. The highest BCUT2D eigenvalue weighted by molar-refractivity contribution is 5.01. The maximum atomic E-state index is 2.48. The molecule has 0 aliphatic heterocycles. The molecule has 0 amide bonds. The first-order valence-corrected chi connectivity index (χ1v) is 5.64. The van der Waals surface area contributed by atoms with Crippen LogP contribution in [-0.2, 0) is 0 Å². The summed E-state index contributed by atoms with van der Waals surface area (Å²) in [5.74, 6) is 3.24. The summed E-state index contributed by atoms with van der Waals surface area (Å²) in [7, 11) is 0. The first kappa shape index (κ1) is 8.59. The van der Waals surface area contributed by atoms with Crippen LogP contribution in [0.3, 0.4) is 0 Å². The summed E-state index contributed by atoms with van der Waals surface area (Å²) in [5.41, 5.74) is 0.713. The average molecular weight is 166 g/mol. The number of rotatable bonds is 2. The van der Waals surface area contributed by atoms with Gasteiger partial charge in [-0.2, -0.15) is 0 Å². The largest absolute Gasteiger partial charge is 0.0654 e. The van der Waals surface area contributed by atoms with Crippen LogP contribution in [0.5, 0.6) is 0 Å². The Hall–Kier alpha value is 0. The molecule has 0 aromatic rings. The van der Waals surface area contributed by atoms with Crippen molar-refractivity contribution in [2.75, 3.05) is 0 Å². The Labute approximate surface area is 76.7 Å². The van der Waals surface area contributed by atoms with E-state index in [4.69, 9.17) is 0 Å². The molecule has 2 atom stereocenters. The fourth-order valence-corrected chi connectivity index (χ4v) is 3.47. The fourth-order valence-electron chi connectivity index (χ4n) is 3.47. The van der Waals surface area contributed by atoms with Crippen molar-refractivity contribution in [3.8, 4) is 0 Å². The van der Waals surface area contributed by atoms with E-state index >= 15 is 0 Å². The highest BCUT2D eigenvalue weighted by Gasteiger charge is 2.52. The molecular formula is C12H22. The van der Waals surface area contributed by atoms with Crippen LogP contribution >= 0.6 is 0 Å². The Kier molecular flexibility index (Phi) is 1.97. The highest BCUT2D eigenvalue weighted by atomic mass is 14.6. The van der Waals surface area contributed by atoms with E-state index in [1.807, 2.05) is 0 Å². The molecule has 0 heterocycles. The summed E-state index contributed by atoms with van der Waals surface area (Å²) in [6, 6.07) is 0. The molecule has 0 radical (unpaired) electrons. The van der Waals surface area contributed by atoms with Crippen molar-refractivity contribution in [1.29, 1.82) is 0 Å². The predicted octanol–water partition coefficient (Wildman–Crippen LogP) is 3.86. The third-order valence-electron chi connectivity index (χ3n) is 4.61. The summed E-state index contributed by atoms with van der Waals surface area (Å²) in [5, 5.41) is 0. The van der Waals surface area contributed by atoms with Gasteiger partial charge in [-0.3, -0.25) is 0 Å². The molecule has 70 valence electrons. The first-order valence-electron chi connectivity index (χ1n) is 5.64. The van der Waals surface area contributed by atoms with Crippen LogP contribution in [0.2, 0.25) is 0 Å². The minimum absolute atomic E-state index is 0.713. The van der Waals surface area contributed by atoms with Gasteiger partial charge in [-0.25, -0.2) is 0 Å². The topological polar surface area (TPSA) is 0 Å². The SMILES string of the molecule is CCCC1CC2CC(C1)C2(C)C. The van der Waals surface area contributed by atoms with Crippen molar-refractivity contribution in [3.05, 3.63) is 0 Å². The molecule has 0 aromatic heterocycles. The minimum atomic E-state index is 0.713. The number of fused-ring (bicyclic) bond motifs is 2. The van der Waals surface area contributed by atoms with Crippen molar-refractivity contribution in [2.45, 2.75) is 52.9 Å². The highest BCUT2D eigenvalue weighted by Crippen LogP contribution is 2.61. The van der Waals surface area contributed by atoms with Crippen LogP contribution in [0.4, 0.5) is 0 Å². The molecule has 0 saturated heterocycles. The van der Waals surface area contributed by atoms with Crippen LogP contribution in [0.15, 0.2) is 0 Å². The van der Waals surface area contributed by atoms with E-state index in [9.17, 15) is 0 Å². The molecule has 2 bridgehead atoms. The van der Waals surface area contributed by atoms with Gasteiger partial charge in [-0.05, 0) is 42.4 Å². The lowest BCUT2D eigenvalue weighted by Gasteiger charge is -2.59. The summed E-state index contributed by atoms with van der Waals surface area (Å²) >= 11 is 0. The Balaban J connectivity index is 1.92. The Bertz CT molecular complexity index is 155. The van der Waals surface area contributed by atoms with Gasteiger partial charge in [0, 0.05) is 0 Å². The van der Waals surface area contributed by atoms with Crippen molar-refractivity contribution in [3.63, 3.8) is 0 Å². The Morgan fingerprint density at radius 3 is 2.08 bits per heavy atom. The minimum Gasteiger partial charge on any atom is -0.0654 e. The van der Waals surface area contributed by atoms with E-state index in [1.54, 1.807) is 6.42 Å². The van der Waals surface area contributed by atoms with Gasteiger partial charge >= 0.3 is 0 Å². The maximum absolute atomic E-state index is 2.48. The van der Waals surface area contributed by atoms with Gasteiger partial charge in [0.25, 0.3) is 0 Å².